The van der Waals surface area contributed by atoms with Crippen LogP contribution >= 0.6 is 0 Å². The van der Waals surface area contributed by atoms with Crippen LogP contribution < -0.4 is 4.74 Å². The Kier molecular flexibility index (Phi) is 2.82. The summed E-state index contributed by atoms with van der Waals surface area (Å²) in [6, 6.07) is 16.1. The molecule has 1 heterocycles. The lowest BCUT2D eigenvalue weighted by Crippen LogP contribution is -1.99. The number of tetrazole rings is 1. The Labute approximate surface area is 108 Å². The molecule has 2 aromatic carbocycles. The third-order valence-electron chi connectivity index (χ3n) is 2.47. The van der Waals surface area contributed by atoms with Crippen molar-refractivity contribution in [2.45, 2.75) is 0 Å². The van der Waals surface area contributed by atoms with Gasteiger partial charge in [0.2, 0.25) is 0 Å². The van der Waals surface area contributed by atoms with Crippen molar-refractivity contribution in [3.63, 3.8) is 0 Å². The molecule has 0 aliphatic heterocycles. The molecule has 0 spiro atoms. The molecule has 1 N–H and O–H groups in total. The summed E-state index contributed by atoms with van der Waals surface area (Å²) in [5.74, 6) is 0.586. The van der Waals surface area contributed by atoms with Crippen LogP contribution in [0.15, 0.2) is 54.6 Å². The van der Waals surface area contributed by atoms with Crippen molar-refractivity contribution in [2.75, 3.05) is 0 Å². The van der Waals surface area contributed by atoms with Crippen LogP contribution in [-0.2, 0) is 0 Å². The first-order chi connectivity index (χ1) is 9.33. The number of rotatable bonds is 3. The van der Waals surface area contributed by atoms with Crippen LogP contribution in [-0.4, -0.2) is 25.3 Å². The van der Waals surface area contributed by atoms with Gasteiger partial charge in [0.15, 0.2) is 0 Å². The fourth-order valence-electron chi connectivity index (χ4n) is 1.63. The van der Waals surface area contributed by atoms with Crippen molar-refractivity contribution in [3.05, 3.63) is 54.6 Å². The maximum absolute atomic E-state index is 9.39. The van der Waals surface area contributed by atoms with Crippen molar-refractivity contribution in [1.82, 2.24) is 20.2 Å². The van der Waals surface area contributed by atoms with Crippen LogP contribution in [0.5, 0.6) is 17.5 Å². The van der Waals surface area contributed by atoms with E-state index in [4.69, 9.17) is 4.74 Å². The zero-order chi connectivity index (χ0) is 13.1. The van der Waals surface area contributed by atoms with Crippen molar-refractivity contribution in [3.8, 4) is 23.2 Å². The van der Waals surface area contributed by atoms with Gasteiger partial charge in [-0.05, 0) is 34.7 Å². The molecular weight excluding hydrogens is 244 g/mol. The van der Waals surface area contributed by atoms with Crippen LogP contribution in [0.4, 0.5) is 0 Å². The van der Waals surface area contributed by atoms with Crippen LogP contribution in [0.3, 0.4) is 0 Å². The zero-order valence-corrected chi connectivity index (χ0v) is 9.84. The molecule has 0 aliphatic rings. The molecule has 1 aromatic heterocycles. The lowest BCUT2D eigenvalue weighted by Gasteiger charge is -2.05. The Hall–Kier alpha value is -2.89. The van der Waals surface area contributed by atoms with E-state index in [1.54, 1.807) is 18.2 Å². The normalized spacial score (nSPS) is 10.3. The van der Waals surface area contributed by atoms with E-state index in [2.05, 4.69) is 15.5 Å². The number of para-hydroxylation sites is 1. The molecule has 0 fully saturated rings. The third-order valence-corrected chi connectivity index (χ3v) is 2.47. The molecule has 0 aliphatic carbocycles. The highest BCUT2D eigenvalue weighted by atomic mass is 16.5. The maximum Gasteiger partial charge on any atom is 0.345 e. The average Bonchev–Trinajstić information content (AvgIpc) is 2.88. The minimum atomic E-state index is 0.122. The molecule has 0 amide bonds. The van der Waals surface area contributed by atoms with Crippen molar-refractivity contribution in [1.29, 1.82) is 0 Å². The van der Waals surface area contributed by atoms with E-state index in [0.29, 0.717) is 5.75 Å². The van der Waals surface area contributed by atoms with Crippen LogP contribution in [0.1, 0.15) is 0 Å². The Morgan fingerprint density at radius 1 is 1.00 bits per heavy atom. The van der Waals surface area contributed by atoms with Crippen LogP contribution in [0.2, 0.25) is 0 Å². The summed E-state index contributed by atoms with van der Waals surface area (Å²) in [6.07, 6.45) is 0. The van der Waals surface area contributed by atoms with Gasteiger partial charge >= 0.3 is 6.01 Å². The highest BCUT2D eigenvalue weighted by Crippen LogP contribution is 2.23. The molecule has 0 bridgehead atoms. The molecule has 0 saturated heterocycles. The number of phenols is 1. The SMILES string of the molecule is Oc1cccc(Oc2nnnn2-c2ccccc2)c1. The first kappa shape index (κ1) is 11.2. The van der Waals surface area contributed by atoms with E-state index in [-0.39, 0.29) is 11.8 Å². The van der Waals surface area contributed by atoms with Crippen molar-refractivity contribution < 1.29 is 9.84 Å². The molecule has 0 atom stereocenters. The molecule has 19 heavy (non-hydrogen) atoms. The van der Waals surface area contributed by atoms with E-state index in [9.17, 15) is 5.11 Å². The summed E-state index contributed by atoms with van der Waals surface area (Å²) in [7, 11) is 0. The fraction of sp³-hybridized carbons (Fsp3) is 0. The van der Waals surface area contributed by atoms with Crippen LogP contribution in [0, 0.1) is 0 Å². The molecular formula is C13H10N4O2. The number of nitrogens with zero attached hydrogens (tertiary/aromatic N) is 4. The number of hydrogen-bond acceptors (Lipinski definition) is 5. The van der Waals surface area contributed by atoms with E-state index in [0.717, 1.165) is 5.69 Å². The lowest BCUT2D eigenvalue weighted by molar-refractivity contribution is 0.419. The number of hydrogen-bond donors (Lipinski definition) is 1. The van der Waals surface area contributed by atoms with Crippen LogP contribution in [0.25, 0.3) is 5.69 Å². The lowest BCUT2D eigenvalue weighted by atomic mass is 10.3. The number of benzene rings is 2. The van der Waals surface area contributed by atoms with Gasteiger partial charge in [-0.3, -0.25) is 0 Å². The zero-order valence-electron chi connectivity index (χ0n) is 9.84. The Morgan fingerprint density at radius 3 is 2.63 bits per heavy atom. The summed E-state index contributed by atoms with van der Waals surface area (Å²) >= 11 is 0. The molecule has 6 heteroatoms. The van der Waals surface area contributed by atoms with E-state index < -0.39 is 0 Å². The molecule has 0 radical (unpaired) electrons. The second-order valence-electron chi connectivity index (χ2n) is 3.81. The van der Waals surface area contributed by atoms with Gasteiger partial charge in [0.05, 0.1) is 5.69 Å². The summed E-state index contributed by atoms with van der Waals surface area (Å²) in [5.41, 5.74) is 0.794. The molecule has 0 saturated carbocycles. The average molecular weight is 254 g/mol. The number of aromatic nitrogens is 4. The van der Waals surface area contributed by atoms with Gasteiger partial charge in [0, 0.05) is 6.07 Å². The predicted octanol–water partition coefficient (Wildman–Crippen LogP) is 2.16. The molecule has 0 unspecified atom stereocenters. The minimum absolute atomic E-state index is 0.122. The Morgan fingerprint density at radius 2 is 1.84 bits per heavy atom. The monoisotopic (exact) mass is 254 g/mol. The van der Waals surface area contributed by atoms with E-state index in [1.165, 1.54) is 10.7 Å². The standard InChI is InChI=1S/C13H10N4O2/c18-11-7-4-8-12(9-11)19-13-14-15-16-17(13)10-5-2-1-3-6-10/h1-9,18H. The summed E-state index contributed by atoms with van der Waals surface area (Å²) in [5, 5.41) is 20.7. The van der Waals surface area contributed by atoms with Gasteiger partial charge in [0.1, 0.15) is 11.5 Å². The van der Waals surface area contributed by atoms with Gasteiger partial charge in [-0.1, -0.05) is 29.4 Å². The smallest absolute Gasteiger partial charge is 0.345 e. The van der Waals surface area contributed by atoms with Gasteiger partial charge < -0.3 is 9.84 Å². The molecule has 94 valence electrons. The van der Waals surface area contributed by atoms with Crippen molar-refractivity contribution >= 4 is 0 Å². The first-order valence-corrected chi connectivity index (χ1v) is 5.63. The Balaban J connectivity index is 1.93. The number of ether oxygens (including phenoxy) is 1. The Bertz CT molecular complexity index is 682. The summed E-state index contributed by atoms with van der Waals surface area (Å²) in [6.45, 7) is 0. The van der Waals surface area contributed by atoms with Gasteiger partial charge in [-0.2, -0.15) is 4.68 Å². The first-order valence-electron chi connectivity index (χ1n) is 5.63. The summed E-state index contributed by atoms with van der Waals surface area (Å²) in [4.78, 5) is 0. The van der Waals surface area contributed by atoms with E-state index in [1.807, 2.05) is 30.3 Å². The second-order valence-corrected chi connectivity index (χ2v) is 3.81. The number of aromatic hydroxyl groups is 1. The highest BCUT2D eigenvalue weighted by molar-refractivity contribution is 5.35. The van der Waals surface area contributed by atoms with Gasteiger partial charge in [-0.15, -0.1) is 0 Å². The fourth-order valence-corrected chi connectivity index (χ4v) is 1.63. The predicted molar refractivity (Wildman–Crippen MR) is 67.3 cm³/mol. The third kappa shape index (κ3) is 2.37. The molecule has 3 aromatic rings. The second kappa shape index (κ2) is 4.77. The highest BCUT2D eigenvalue weighted by Gasteiger charge is 2.10. The van der Waals surface area contributed by atoms with Gasteiger partial charge in [-0.25, -0.2) is 0 Å². The van der Waals surface area contributed by atoms with Gasteiger partial charge in [0.25, 0.3) is 0 Å². The largest absolute Gasteiger partial charge is 0.508 e. The summed E-state index contributed by atoms with van der Waals surface area (Å²) < 4.78 is 7.03. The molecule has 3 rings (SSSR count). The topological polar surface area (TPSA) is 73.1 Å². The quantitative estimate of drug-likeness (QED) is 0.775. The minimum Gasteiger partial charge on any atom is -0.508 e. The van der Waals surface area contributed by atoms with Crippen molar-refractivity contribution in [2.24, 2.45) is 0 Å². The maximum atomic E-state index is 9.39. The molecule has 6 nitrogen and oxygen atoms in total. The number of phenolic OH excluding ortho intramolecular Hbond substituents is 1. The van der Waals surface area contributed by atoms with E-state index >= 15 is 0 Å².